The number of rotatable bonds is 7. The standard InChI is InChI=1S/C21H23BrN2O4S2/c1-3-4-10-28-15-9-8-12(11-14(15)22)18(25)23-21(29)24-19-17(20(26)27-2)13-6-5-7-16(13)30-19/h8-9,11H,3-7,10H2,1-2H3,(H2,23,24,25,29). The third-order valence-electron chi connectivity index (χ3n) is 4.71. The first kappa shape index (κ1) is 22.7. The molecule has 1 aliphatic rings. The highest BCUT2D eigenvalue weighted by Gasteiger charge is 2.27. The monoisotopic (exact) mass is 510 g/mol. The van der Waals surface area contributed by atoms with Crippen LogP contribution < -0.4 is 15.4 Å². The Bertz CT molecular complexity index is 974. The van der Waals surface area contributed by atoms with Crippen molar-refractivity contribution in [3.8, 4) is 5.75 Å². The number of unbranched alkanes of at least 4 members (excludes halogenated alkanes) is 1. The largest absolute Gasteiger partial charge is 0.492 e. The van der Waals surface area contributed by atoms with Gasteiger partial charge in [0, 0.05) is 10.4 Å². The Morgan fingerprint density at radius 3 is 2.80 bits per heavy atom. The van der Waals surface area contributed by atoms with Crippen LogP contribution in [0, 0.1) is 0 Å². The van der Waals surface area contributed by atoms with Gasteiger partial charge in [0.15, 0.2) is 5.11 Å². The number of nitrogens with one attached hydrogen (secondary N) is 2. The molecule has 0 bridgehead atoms. The average molecular weight is 511 g/mol. The average Bonchev–Trinajstić information content (AvgIpc) is 3.29. The maximum atomic E-state index is 12.6. The summed E-state index contributed by atoms with van der Waals surface area (Å²) in [6.45, 7) is 2.72. The first-order chi connectivity index (χ1) is 14.4. The molecule has 1 aromatic carbocycles. The number of anilines is 1. The Morgan fingerprint density at radius 1 is 1.30 bits per heavy atom. The topological polar surface area (TPSA) is 76.7 Å². The van der Waals surface area contributed by atoms with E-state index in [2.05, 4.69) is 33.5 Å². The fourth-order valence-electron chi connectivity index (χ4n) is 3.21. The van der Waals surface area contributed by atoms with Gasteiger partial charge in [0.1, 0.15) is 10.8 Å². The van der Waals surface area contributed by atoms with E-state index in [-0.39, 0.29) is 11.0 Å². The summed E-state index contributed by atoms with van der Waals surface area (Å²) in [5.41, 5.74) is 1.98. The first-order valence-electron chi connectivity index (χ1n) is 9.72. The summed E-state index contributed by atoms with van der Waals surface area (Å²) in [5, 5.41) is 6.40. The molecule has 2 N–H and O–H groups in total. The van der Waals surface area contributed by atoms with Crippen LogP contribution in [0.5, 0.6) is 5.75 Å². The minimum atomic E-state index is -0.395. The number of ether oxygens (including phenoxy) is 2. The predicted molar refractivity (Wildman–Crippen MR) is 126 cm³/mol. The number of esters is 1. The fourth-order valence-corrected chi connectivity index (χ4v) is 5.24. The van der Waals surface area contributed by atoms with Crippen molar-refractivity contribution in [1.82, 2.24) is 5.32 Å². The van der Waals surface area contributed by atoms with E-state index in [1.54, 1.807) is 18.2 Å². The number of thiophene rings is 1. The highest BCUT2D eigenvalue weighted by atomic mass is 79.9. The summed E-state index contributed by atoms with van der Waals surface area (Å²) in [7, 11) is 1.36. The van der Waals surface area contributed by atoms with Crippen LogP contribution in [-0.4, -0.2) is 30.7 Å². The fraction of sp³-hybridized carbons (Fsp3) is 0.381. The molecule has 0 aliphatic heterocycles. The van der Waals surface area contributed by atoms with Crippen LogP contribution in [-0.2, 0) is 17.6 Å². The van der Waals surface area contributed by atoms with Crippen LogP contribution in [0.25, 0.3) is 0 Å². The predicted octanol–water partition coefficient (Wildman–Crippen LogP) is 5.09. The van der Waals surface area contributed by atoms with Crippen LogP contribution in [0.1, 0.15) is 57.3 Å². The number of thiocarbonyl (C=S) groups is 1. The molecule has 0 atom stereocenters. The summed E-state index contributed by atoms with van der Waals surface area (Å²) < 4.78 is 11.3. The number of benzene rings is 1. The SMILES string of the molecule is CCCCOc1ccc(C(=O)NC(=S)Nc2sc3c(c2C(=O)OC)CCC3)cc1Br. The number of hydrogen-bond acceptors (Lipinski definition) is 6. The highest BCUT2D eigenvalue weighted by molar-refractivity contribution is 9.10. The van der Waals surface area contributed by atoms with Crippen molar-refractivity contribution in [2.24, 2.45) is 0 Å². The van der Waals surface area contributed by atoms with E-state index in [0.717, 1.165) is 42.5 Å². The van der Waals surface area contributed by atoms with Gasteiger partial charge in [0.25, 0.3) is 5.91 Å². The lowest BCUT2D eigenvalue weighted by atomic mass is 10.1. The lowest BCUT2D eigenvalue weighted by Gasteiger charge is -2.12. The second-order valence-electron chi connectivity index (χ2n) is 6.81. The second kappa shape index (κ2) is 10.4. The summed E-state index contributed by atoms with van der Waals surface area (Å²) in [5.74, 6) is -0.0536. The zero-order valence-electron chi connectivity index (χ0n) is 16.8. The zero-order chi connectivity index (χ0) is 21.7. The Balaban J connectivity index is 1.66. The molecule has 160 valence electrons. The number of carbonyl (C=O) groups excluding carboxylic acids is 2. The lowest BCUT2D eigenvalue weighted by Crippen LogP contribution is -2.34. The molecular formula is C21H23BrN2O4S2. The molecule has 1 aliphatic carbocycles. The number of hydrogen-bond donors (Lipinski definition) is 2. The van der Waals surface area contributed by atoms with Gasteiger partial charge in [0.05, 0.1) is 23.8 Å². The molecule has 9 heteroatoms. The van der Waals surface area contributed by atoms with Crippen molar-refractivity contribution in [1.29, 1.82) is 0 Å². The molecule has 3 rings (SSSR count). The van der Waals surface area contributed by atoms with Crippen molar-refractivity contribution in [2.75, 3.05) is 19.0 Å². The normalized spacial score (nSPS) is 12.2. The minimum Gasteiger partial charge on any atom is -0.492 e. The van der Waals surface area contributed by atoms with E-state index in [1.165, 1.54) is 18.4 Å². The van der Waals surface area contributed by atoms with E-state index >= 15 is 0 Å². The molecule has 1 heterocycles. The van der Waals surface area contributed by atoms with Gasteiger partial charge in [-0.15, -0.1) is 11.3 Å². The molecule has 0 radical (unpaired) electrons. The minimum absolute atomic E-state index is 0.129. The summed E-state index contributed by atoms with van der Waals surface area (Å²) in [6, 6.07) is 5.13. The second-order valence-corrected chi connectivity index (χ2v) is 9.18. The van der Waals surface area contributed by atoms with E-state index in [9.17, 15) is 9.59 Å². The van der Waals surface area contributed by atoms with E-state index < -0.39 is 5.97 Å². The van der Waals surface area contributed by atoms with Gasteiger partial charge < -0.3 is 14.8 Å². The van der Waals surface area contributed by atoms with Gasteiger partial charge in [-0.05, 0) is 77.6 Å². The van der Waals surface area contributed by atoms with Gasteiger partial charge in [0.2, 0.25) is 0 Å². The van der Waals surface area contributed by atoms with Gasteiger partial charge in [-0.25, -0.2) is 4.79 Å². The van der Waals surface area contributed by atoms with E-state index in [0.29, 0.717) is 33.0 Å². The Kier molecular flexibility index (Phi) is 7.85. The Hall–Kier alpha value is -1.97. The van der Waals surface area contributed by atoms with Gasteiger partial charge in [-0.1, -0.05) is 13.3 Å². The molecule has 30 heavy (non-hydrogen) atoms. The Morgan fingerprint density at radius 2 is 2.10 bits per heavy atom. The summed E-state index contributed by atoms with van der Waals surface area (Å²) >= 11 is 10.2. The number of fused-ring (bicyclic) bond motifs is 1. The number of halogens is 1. The van der Waals surface area contributed by atoms with Crippen LogP contribution in [0.2, 0.25) is 0 Å². The zero-order valence-corrected chi connectivity index (χ0v) is 20.0. The van der Waals surface area contributed by atoms with E-state index in [4.69, 9.17) is 21.7 Å². The van der Waals surface area contributed by atoms with Crippen molar-refractivity contribution in [2.45, 2.75) is 39.0 Å². The third kappa shape index (κ3) is 5.19. The molecule has 6 nitrogen and oxygen atoms in total. The van der Waals surface area contributed by atoms with Crippen LogP contribution in [0.4, 0.5) is 5.00 Å². The number of carbonyl (C=O) groups is 2. The molecule has 0 saturated heterocycles. The molecule has 0 unspecified atom stereocenters. The maximum absolute atomic E-state index is 12.6. The quantitative estimate of drug-likeness (QED) is 0.306. The van der Waals surface area contributed by atoms with Gasteiger partial charge >= 0.3 is 5.97 Å². The molecule has 0 fully saturated rings. The van der Waals surface area contributed by atoms with E-state index in [1.807, 2.05) is 0 Å². The number of amides is 1. The third-order valence-corrected chi connectivity index (χ3v) is 6.75. The summed E-state index contributed by atoms with van der Waals surface area (Å²) in [4.78, 5) is 26.0. The molecular weight excluding hydrogens is 488 g/mol. The molecule has 1 amide bonds. The Labute approximate surface area is 193 Å². The van der Waals surface area contributed by atoms with Crippen LogP contribution >= 0.6 is 39.5 Å². The van der Waals surface area contributed by atoms with Gasteiger partial charge in [-0.3, -0.25) is 10.1 Å². The van der Waals surface area contributed by atoms with Gasteiger partial charge in [-0.2, -0.15) is 0 Å². The first-order valence-corrected chi connectivity index (χ1v) is 11.7. The molecule has 1 aromatic heterocycles. The molecule has 0 spiro atoms. The maximum Gasteiger partial charge on any atom is 0.341 e. The highest BCUT2D eigenvalue weighted by Crippen LogP contribution is 2.39. The smallest absolute Gasteiger partial charge is 0.341 e. The van der Waals surface area contributed by atoms with Crippen molar-refractivity contribution in [3.05, 3.63) is 44.2 Å². The van der Waals surface area contributed by atoms with Crippen molar-refractivity contribution in [3.63, 3.8) is 0 Å². The molecule has 2 aromatic rings. The number of methoxy groups -OCH3 is 1. The van der Waals surface area contributed by atoms with Crippen molar-refractivity contribution < 1.29 is 19.1 Å². The van der Waals surface area contributed by atoms with Crippen LogP contribution in [0.15, 0.2) is 22.7 Å². The van der Waals surface area contributed by atoms with Crippen molar-refractivity contribution >= 4 is 61.5 Å². The van der Waals surface area contributed by atoms with Crippen LogP contribution in [0.3, 0.4) is 0 Å². The summed E-state index contributed by atoms with van der Waals surface area (Å²) in [6.07, 6.45) is 4.82. The molecule has 0 saturated carbocycles. The lowest BCUT2D eigenvalue weighted by molar-refractivity contribution is 0.0601. The number of aryl methyl sites for hydroxylation is 1.